The van der Waals surface area contributed by atoms with E-state index in [1.54, 1.807) is 4.90 Å². The molecule has 0 aliphatic carbocycles. The highest BCUT2D eigenvalue weighted by Gasteiger charge is 2.22. The summed E-state index contributed by atoms with van der Waals surface area (Å²) in [5.41, 5.74) is 0. The fourth-order valence-electron chi connectivity index (χ4n) is 2.08. The van der Waals surface area contributed by atoms with E-state index >= 15 is 0 Å². The molecule has 1 atom stereocenters. The first-order chi connectivity index (χ1) is 9.60. The van der Waals surface area contributed by atoms with Crippen LogP contribution in [0, 0.1) is 5.92 Å². The van der Waals surface area contributed by atoms with Gasteiger partial charge in [-0.1, -0.05) is 25.2 Å². The molecule has 0 saturated carbocycles. The number of hydrogen-bond acceptors (Lipinski definition) is 5. The second-order valence-electron chi connectivity index (χ2n) is 5.30. The van der Waals surface area contributed by atoms with Crippen LogP contribution in [-0.4, -0.2) is 47.4 Å². The average molecular weight is 298 g/mol. The van der Waals surface area contributed by atoms with Crippen LogP contribution in [0.3, 0.4) is 0 Å². The minimum Gasteiger partial charge on any atom is -0.381 e. The second-order valence-corrected chi connectivity index (χ2v) is 6.31. The highest BCUT2D eigenvalue weighted by molar-refractivity contribution is 7.15. The maximum Gasteiger partial charge on any atom is 0.323 e. The van der Waals surface area contributed by atoms with E-state index in [4.69, 9.17) is 4.74 Å². The molecule has 20 heavy (non-hydrogen) atoms. The van der Waals surface area contributed by atoms with Crippen molar-refractivity contribution in [3.05, 3.63) is 5.01 Å². The Hall–Kier alpha value is -1.21. The van der Waals surface area contributed by atoms with E-state index in [-0.39, 0.29) is 6.03 Å². The Balaban J connectivity index is 1.90. The van der Waals surface area contributed by atoms with Gasteiger partial charge in [0.05, 0.1) is 6.61 Å². The van der Waals surface area contributed by atoms with Crippen molar-refractivity contribution in [2.24, 2.45) is 5.92 Å². The molecule has 112 valence electrons. The summed E-state index contributed by atoms with van der Waals surface area (Å²) in [5.74, 6) is 0.775. The first-order valence-corrected chi connectivity index (χ1v) is 7.88. The SMILES string of the molecule is CCN(C[C@@H]1CCOC1)C(=O)Nc1nnc(C(C)C)s1. The van der Waals surface area contributed by atoms with Crippen LogP contribution in [-0.2, 0) is 4.74 Å². The Morgan fingerprint density at radius 1 is 1.55 bits per heavy atom. The van der Waals surface area contributed by atoms with Crippen LogP contribution in [0.2, 0.25) is 0 Å². The molecule has 1 aliphatic heterocycles. The van der Waals surface area contributed by atoms with Gasteiger partial charge in [0.25, 0.3) is 0 Å². The van der Waals surface area contributed by atoms with Crippen molar-refractivity contribution < 1.29 is 9.53 Å². The molecule has 0 spiro atoms. The van der Waals surface area contributed by atoms with Gasteiger partial charge in [-0.25, -0.2) is 4.79 Å². The molecule has 6 nitrogen and oxygen atoms in total. The number of nitrogens with zero attached hydrogens (tertiary/aromatic N) is 3. The standard InChI is InChI=1S/C13H22N4O2S/c1-4-17(7-10-5-6-19-8-10)13(18)14-12-16-15-11(20-12)9(2)3/h9-10H,4-8H2,1-3H3,(H,14,16,18)/t10-/m0/s1. The molecule has 2 rings (SSSR count). The van der Waals surface area contributed by atoms with Gasteiger partial charge in [-0.2, -0.15) is 0 Å². The minimum atomic E-state index is -0.106. The van der Waals surface area contributed by atoms with Gasteiger partial charge in [0, 0.05) is 31.5 Å². The summed E-state index contributed by atoms with van der Waals surface area (Å²) in [6.07, 6.45) is 1.03. The van der Waals surface area contributed by atoms with Crippen LogP contribution in [0.15, 0.2) is 0 Å². The molecule has 0 aromatic carbocycles. The maximum absolute atomic E-state index is 12.2. The van der Waals surface area contributed by atoms with Gasteiger partial charge in [-0.15, -0.1) is 10.2 Å². The first-order valence-electron chi connectivity index (χ1n) is 7.07. The Bertz CT molecular complexity index is 443. The van der Waals surface area contributed by atoms with E-state index in [1.165, 1.54) is 11.3 Å². The number of nitrogens with one attached hydrogen (secondary N) is 1. The molecule has 1 fully saturated rings. The summed E-state index contributed by atoms with van der Waals surface area (Å²) in [6.45, 7) is 9.07. The lowest BCUT2D eigenvalue weighted by Crippen LogP contribution is -2.38. The summed E-state index contributed by atoms with van der Waals surface area (Å²) < 4.78 is 5.35. The van der Waals surface area contributed by atoms with Crippen molar-refractivity contribution in [1.29, 1.82) is 0 Å². The average Bonchev–Trinajstić information content (AvgIpc) is 3.06. The number of carbonyl (C=O) groups is 1. The van der Waals surface area contributed by atoms with E-state index in [0.717, 1.165) is 31.2 Å². The third-order valence-electron chi connectivity index (χ3n) is 3.32. The third kappa shape index (κ3) is 3.89. The molecule has 2 heterocycles. The van der Waals surface area contributed by atoms with Crippen molar-refractivity contribution in [2.75, 3.05) is 31.6 Å². The largest absolute Gasteiger partial charge is 0.381 e. The number of carbonyl (C=O) groups excluding carboxylic acids is 1. The van der Waals surface area contributed by atoms with Crippen molar-refractivity contribution in [3.8, 4) is 0 Å². The molecular formula is C13H22N4O2S. The Kier molecular flexibility index (Phi) is 5.31. The third-order valence-corrected chi connectivity index (χ3v) is 4.46. The zero-order valence-corrected chi connectivity index (χ0v) is 13.1. The lowest BCUT2D eigenvalue weighted by Gasteiger charge is -2.23. The molecule has 2 amide bonds. The second kappa shape index (κ2) is 6.99. The summed E-state index contributed by atoms with van der Waals surface area (Å²) >= 11 is 1.43. The van der Waals surface area contributed by atoms with E-state index in [2.05, 4.69) is 29.4 Å². The molecule has 0 bridgehead atoms. The summed E-state index contributed by atoms with van der Waals surface area (Å²) in [5, 5.41) is 12.4. The zero-order valence-electron chi connectivity index (χ0n) is 12.3. The van der Waals surface area contributed by atoms with Gasteiger partial charge in [0.15, 0.2) is 0 Å². The van der Waals surface area contributed by atoms with Crippen molar-refractivity contribution in [1.82, 2.24) is 15.1 Å². The van der Waals surface area contributed by atoms with Gasteiger partial charge >= 0.3 is 6.03 Å². The molecule has 1 N–H and O–H groups in total. The minimum absolute atomic E-state index is 0.106. The smallest absolute Gasteiger partial charge is 0.323 e. The summed E-state index contributed by atoms with van der Waals surface area (Å²) in [4.78, 5) is 14.0. The molecule has 1 saturated heterocycles. The molecule has 0 radical (unpaired) electrons. The highest BCUT2D eigenvalue weighted by atomic mass is 32.1. The van der Waals surface area contributed by atoms with Crippen LogP contribution in [0.4, 0.5) is 9.93 Å². The molecule has 1 aromatic heterocycles. The predicted octanol–water partition coefficient (Wildman–Crippen LogP) is 2.55. The maximum atomic E-state index is 12.2. The van der Waals surface area contributed by atoms with Crippen LogP contribution >= 0.6 is 11.3 Å². The van der Waals surface area contributed by atoms with E-state index in [1.807, 2.05) is 6.92 Å². The number of hydrogen-bond donors (Lipinski definition) is 1. The Morgan fingerprint density at radius 3 is 2.90 bits per heavy atom. The fourth-order valence-corrected chi connectivity index (χ4v) is 2.82. The zero-order chi connectivity index (χ0) is 14.5. The number of aromatic nitrogens is 2. The Morgan fingerprint density at radius 2 is 2.35 bits per heavy atom. The number of rotatable bonds is 5. The van der Waals surface area contributed by atoms with Crippen LogP contribution in [0.5, 0.6) is 0 Å². The monoisotopic (exact) mass is 298 g/mol. The van der Waals surface area contributed by atoms with E-state index in [9.17, 15) is 4.79 Å². The quantitative estimate of drug-likeness (QED) is 0.907. The van der Waals surface area contributed by atoms with Crippen molar-refractivity contribution >= 4 is 22.5 Å². The van der Waals surface area contributed by atoms with Crippen molar-refractivity contribution in [3.63, 3.8) is 0 Å². The van der Waals surface area contributed by atoms with Gasteiger partial charge in [-0.05, 0) is 13.3 Å². The predicted molar refractivity (Wildman–Crippen MR) is 79.2 cm³/mol. The number of anilines is 1. The van der Waals surface area contributed by atoms with Crippen LogP contribution in [0.1, 0.15) is 38.1 Å². The number of ether oxygens (including phenoxy) is 1. The van der Waals surface area contributed by atoms with Crippen molar-refractivity contribution in [2.45, 2.75) is 33.1 Å². The first kappa shape index (κ1) is 15.2. The van der Waals surface area contributed by atoms with Gasteiger partial charge < -0.3 is 9.64 Å². The lowest BCUT2D eigenvalue weighted by atomic mass is 10.1. The Labute approximate surface area is 123 Å². The molecule has 1 aliphatic rings. The molecule has 1 aromatic rings. The van der Waals surface area contributed by atoms with Crippen LogP contribution < -0.4 is 5.32 Å². The van der Waals surface area contributed by atoms with Gasteiger partial charge in [0.1, 0.15) is 5.01 Å². The lowest BCUT2D eigenvalue weighted by molar-refractivity contribution is 0.171. The van der Waals surface area contributed by atoms with Gasteiger partial charge in [-0.3, -0.25) is 5.32 Å². The highest BCUT2D eigenvalue weighted by Crippen LogP contribution is 2.23. The topological polar surface area (TPSA) is 67.3 Å². The van der Waals surface area contributed by atoms with E-state index < -0.39 is 0 Å². The van der Waals surface area contributed by atoms with E-state index in [0.29, 0.717) is 23.5 Å². The molecule has 7 heteroatoms. The van der Waals surface area contributed by atoms with Gasteiger partial charge in [0.2, 0.25) is 5.13 Å². The number of amides is 2. The normalized spacial score (nSPS) is 18.5. The number of urea groups is 1. The molecule has 0 unspecified atom stereocenters. The fraction of sp³-hybridized carbons (Fsp3) is 0.769. The summed E-state index contributed by atoms with van der Waals surface area (Å²) in [6, 6.07) is -0.106. The molecular weight excluding hydrogens is 276 g/mol. The van der Waals surface area contributed by atoms with Crippen LogP contribution in [0.25, 0.3) is 0 Å². The summed E-state index contributed by atoms with van der Waals surface area (Å²) in [7, 11) is 0.